The van der Waals surface area contributed by atoms with Crippen molar-refractivity contribution in [3.05, 3.63) is 53.9 Å². The second-order valence-electron chi connectivity index (χ2n) is 5.56. The Morgan fingerprint density at radius 1 is 1.33 bits per heavy atom. The second-order valence-corrected chi connectivity index (χ2v) is 5.56. The molecule has 1 amide bonds. The highest BCUT2D eigenvalue weighted by Crippen LogP contribution is 2.27. The summed E-state index contributed by atoms with van der Waals surface area (Å²) in [5.74, 6) is 1.42. The number of hydrogen-bond donors (Lipinski definition) is 1. The summed E-state index contributed by atoms with van der Waals surface area (Å²) in [5, 5.41) is 3.95. The molecule has 0 spiro atoms. The van der Waals surface area contributed by atoms with Gasteiger partial charge in [0.05, 0.1) is 25.5 Å². The molecular weight excluding hydrogens is 306 g/mol. The van der Waals surface area contributed by atoms with Gasteiger partial charge in [-0.3, -0.25) is 9.78 Å². The number of rotatable bonds is 7. The van der Waals surface area contributed by atoms with Crippen LogP contribution in [0.2, 0.25) is 0 Å². The van der Waals surface area contributed by atoms with Crippen LogP contribution >= 0.6 is 0 Å². The SMILES string of the molecule is COc1cc(/C=N/NC(=O)c2cccnc2)ccc1OCC(C)C. The predicted molar refractivity (Wildman–Crippen MR) is 92.6 cm³/mol. The molecule has 0 radical (unpaired) electrons. The Bertz CT molecular complexity index is 700. The van der Waals surface area contributed by atoms with Crippen molar-refractivity contribution in [1.29, 1.82) is 0 Å². The van der Waals surface area contributed by atoms with Crippen molar-refractivity contribution < 1.29 is 14.3 Å². The van der Waals surface area contributed by atoms with Crippen molar-refractivity contribution in [1.82, 2.24) is 10.4 Å². The monoisotopic (exact) mass is 327 g/mol. The summed E-state index contributed by atoms with van der Waals surface area (Å²) in [6.07, 6.45) is 4.63. The van der Waals surface area contributed by atoms with Crippen LogP contribution in [-0.4, -0.2) is 30.8 Å². The van der Waals surface area contributed by atoms with E-state index in [2.05, 4.69) is 29.4 Å². The van der Waals surface area contributed by atoms with Gasteiger partial charge < -0.3 is 9.47 Å². The first-order chi connectivity index (χ1) is 11.6. The van der Waals surface area contributed by atoms with E-state index in [-0.39, 0.29) is 5.91 Å². The van der Waals surface area contributed by atoms with Gasteiger partial charge in [0.15, 0.2) is 11.5 Å². The number of benzene rings is 1. The number of aromatic nitrogens is 1. The van der Waals surface area contributed by atoms with Gasteiger partial charge in [0.1, 0.15) is 0 Å². The van der Waals surface area contributed by atoms with E-state index < -0.39 is 0 Å². The Balaban J connectivity index is 2.00. The standard InChI is InChI=1S/C18H21N3O3/c1-13(2)12-24-16-7-6-14(9-17(16)23-3)10-20-21-18(22)15-5-4-8-19-11-15/h4-11,13H,12H2,1-3H3,(H,21,22)/b20-10+. The number of carbonyl (C=O) groups excluding carboxylic acids is 1. The fraction of sp³-hybridized carbons (Fsp3) is 0.278. The second kappa shape index (κ2) is 8.67. The largest absolute Gasteiger partial charge is 0.493 e. The van der Waals surface area contributed by atoms with Crippen molar-refractivity contribution >= 4 is 12.1 Å². The zero-order valence-corrected chi connectivity index (χ0v) is 14.0. The number of ether oxygens (including phenoxy) is 2. The molecule has 0 saturated carbocycles. The molecule has 1 N–H and O–H groups in total. The number of carbonyl (C=O) groups is 1. The van der Waals surface area contributed by atoms with E-state index in [4.69, 9.17) is 9.47 Å². The molecule has 0 unspecified atom stereocenters. The molecule has 126 valence electrons. The minimum absolute atomic E-state index is 0.316. The van der Waals surface area contributed by atoms with E-state index in [1.807, 2.05) is 12.1 Å². The van der Waals surface area contributed by atoms with Crippen LogP contribution in [0.15, 0.2) is 47.8 Å². The quantitative estimate of drug-likeness (QED) is 0.627. The Morgan fingerprint density at radius 2 is 2.17 bits per heavy atom. The molecular formula is C18H21N3O3. The highest BCUT2D eigenvalue weighted by atomic mass is 16.5. The van der Waals surface area contributed by atoms with Gasteiger partial charge in [0.25, 0.3) is 5.91 Å². The average Bonchev–Trinajstić information content (AvgIpc) is 2.61. The first kappa shape index (κ1) is 17.5. The lowest BCUT2D eigenvalue weighted by Crippen LogP contribution is -2.17. The Morgan fingerprint density at radius 3 is 2.83 bits per heavy atom. The molecule has 1 aromatic heterocycles. The zero-order chi connectivity index (χ0) is 17.4. The number of nitrogens with zero attached hydrogens (tertiary/aromatic N) is 2. The summed E-state index contributed by atoms with van der Waals surface area (Å²) in [6.45, 7) is 4.78. The number of nitrogens with one attached hydrogen (secondary N) is 1. The van der Waals surface area contributed by atoms with Gasteiger partial charge in [0, 0.05) is 12.4 Å². The van der Waals surface area contributed by atoms with E-state index in [1.54, 1.807) is 37.7 Å². The minimum atomic E-state index is -0.316. The van der Waals surface area contributed by atoms with Crippen LogP contribution in [0.25, 0.3) is 0 Å². The fourth-order valence-corrected chi connectivity index (χ4v) is 1.87. The normalized spacial score (nSPS) is 10.8. The highest BCUT2D eigenvalue weighted by Gasteiger charge is 2.06. The molecule has 0 aliphatic heterocycles. The van der Waals surface area contributed by atoms with Crippen LogP contribution in [0, 0.1) is 5.92 Å². The van der Waals surface area contributed by atoms with E-state index in [9.17, 15) is 4.79 Å². The maximum Gasteiger partial charge on any atom is 0.272 e. The third kappa shape index (κ3) is 5.08. The van der Waals surface area contributed by atoms with Gasteiger partial charge in [-0.05, 0) is 41.8 Å². The summed E-state index contributed by atoms with van der Waals surface area (Å²) < 4.78 is 11.0. The smallest absolute Gasteiger partial charge is 0.272 e. The van der Waals surface area contributed by atoms with Crippen molar-refractivity contribution in [2.75, 3.05) is 13.7 Å². The van der Waals surface area contributed by atoms with Gasteiger partial charge in [-0.2, -0.15) is 5.10 Å². The molecule has 2 rings (SSSR count). The lowest BCUT2D eigenvalue weighted by atomic mass is 10.2. The summed E-state index contributed by atoms with van der Waals surface area (Å²) in [5.41, 5.74) is 3.69. The molecule has 0 saturated heterocycles. The molecule has 1 heterocycles. The lowest BCUT2D eigenvalue weighted by molar-refractivity contribution is 0.0955. The number of hydrazone groups is 1. The van der Waals surface area contributed by atoms with Crippen molar-refractivity contribution in [2.45, 2.75) is 13.8 Å². The molecule has 0 atom stereocenters. The van der Waals surface area contributed by atoms with Gasteiger partial charge in [-0.15, -0.1) is 0 Å². The summed E-state index contributed by atoms with van der Waals surface area (Å²) >= 11 is 0. The third-order valence-corrected chi connectivity index (χ3v) is 3.06. The van der Waals surface area contributed by atoms with E-state index in [0.717, 1.165) is 5.56 Å². The van der Waals surface area contributed by atoms with E-state index >= 15 is 0 Å². The Hall–Kier alpha value is -2.89. The summed E-state index contributed by atoms with van der Waals surface area (Å²) in [4.78, 5) is 15.7. The van der Waals surface area contributed by atoms with Crippen molar-refractivity contribution in [2.24, 2.45) is 11.0 Å². The number of methoxy groups -OCH3 is 1. The van der Waals surface area contributed by atoms with Crippen LogP contribution < -0.4 is 14.9 Å². The van der Waals surface area contributed by atoms with E-state index in [0.29, 0.717) is 29.6 Å². The van der Waals surface area contributed by atoms with Crippen molar-refractivity contribution in [3.8, 4) is 11.5 Å². The Kier molecular flexibility index (Phi) is 6.31. The van der Waals surface area contributed by atoms with Gasteiger partial charge in [0.2, 0.25) is 0 Å². The molecule has 0 aliphatic rings. The molecule has 0 aliphatic carbocycles. The molecule has 0 bridgehead atoms. The molecule has 6 nitrogen and oxygen atoms in total. The number of hydrogen-bond acceptors (Lipinski definition) is 5. The number of amides is 1. The average molecular weight is 327 g/mol. The first-order valence-corrected chi connectivity index (χ1v) is 7.64. The minimum Gasteiger partial charge on any atom is -0.493 e. The molecule has 1 aromatic carbocycles. The fourth-order valence-electron chi connectivity index (χ4n) is 1.87. The van der Waals surface area contributed by atoms with Crippen LogP contribution in [0.5, 0.6) is 11.5 Å². The van der Waals surface area contributed by atoms with Crippen LogP contribution in [-0.2, 0) is 0 Å². The third-order valence-electron chi connectivity index (χ3n) is 3.06. The van der Waals surface area contributed by atoms with Gasteiger partial charge in [-0.25, -0.2) is 5.43 Å². The summed E-state index contributed by atoms with van der Waals surface area (Å²) in [6, 6.07) is 8.83. The summed E-state index contributed by atoms with van der Waals surface area (Å²) in [7, 11) is 1.59. The maximum absolute atomic E-state index is 11.9. The zero-order valence-electron chi connectivity index (χ0n) is 14.0. The molecule has 2 aromatic rings. The highest BCUT2D eigenvalue weighted by molar-refractivity contribution is 5.94. The molecule has 0 fully saturated rings. The lowest BCUT2D eigenvalue weighted by Gasteiger charge is -2.12. The number of pyridine rings is 1. The maximum atomic E-state index is 11.9. The first-order valence-electron chi connectivity index (χ1n) is 7.64. The van der Waals surface area contributed by atoms with Crippen LogP contribution in [0.1, 0.15) is 29.8 Å². The van der Waals surface area contributed by atoms with Gasteiger partial charge >= 0.3 is 0 Å². The predicted octanol–water partition coefficient (Wildman–Crippen LogP) is 2.89. The van der Waals surface area contributed by atoms with Gasteiger partial charge in [-0.1, -0.05) is 13.8 Å². The van der Waals surface area contributed by atoms with Crippen LogP contribution in [0.4, 0.5) is 0 Å². The Labute approximate surface area is 141 Å². The van der Waals surface area contributed by atoms with Crippen LogP contribution in [0.3, 0.4) is 0 Å². The van der Waals surface area contributed by atoms with E-state index in [1.165, 1.54) is 6.20 Å². The topological polar surface area (TPSA) is 72.8 Å². The van der Waals surface area contributed by atoms with Crippen molar-refractivity contribution in [3.63, 3.8) is 0 Å². The molecule has 6 heteroatoms. The molecule has 24 heavy (non-hydrogen) atoms.